The molecule has 11 heteroatoms. The van der Waals surface area contributed by atoms with Crippen LogP contribution in [0.3, 0.4) is 0 Å². The van der Waals surface area contributed by atoms with Crippen molar-refractivity contribution in [1.29, 1.82) is 0 Å². The monoisotopic (exact) mass is 517 g/mol. The number of carbonyl (C=O) groups excluding carboxylic acids is 1. The molecule has 0 unspecified atom stereocenters. The van der Waals surface area contributed by atoms with Crippen molar-refractivity contribution in [3.05, 3.63) is 87.2 Å². The van der Waals surface area contributed by atoms with Crippen LogP contribution in [0.5, 0.6) is 5.75 Å². The summed E-state index contributed by atoms with van der Waals surface area (Å²) in [6, 6.07) is 14.4. The number of nitro benzene ring substituents is 1. The van der Waals surface area contributed by atoms with Gasteiger partial charge in [-0.15, -0.1) is 6.42 Å². The minimum Gasteiger partial charge on any atom is -0.489 e. The van der Waals surface area contributed by atoms with Gasteiger partial charge in [0.15, 0.2) is 0 Å². The van der Waals surface area contributed by atoms with Crippen LogP contribution in [0.15, 0.2) is 60.9 Å². The molecule has 37 heavy (non-hydrogen) atoms. The second-order valence-electron chi connectivity index (χ2n) is 7.66. The number of benzene rings is 3. The number of methoxy groups -OCH3 is 1. The predicted molar refractivity (Wildman–Crippen MR) is 141 cm³/mol. The molecule has 186 valence electrons. The molecular formula is C26H20ClN5O5. The molecule has 0 bridgehead atoms. The Hall–Kier alpha value is -4.72. The fraction of sp³-hybridized carbons (Fsp3) is 0.115. The third kappa shape index (κ3) is 5.92. The fourth-order valence-electron chi connectivity index (χ4n) is 3.45. The van der Waals surface area contributed by atoms with Crippen molar-refractivity contribution < 1.29 is 19.2 Å². The number of rotatable bonds is 9. The van der Waals surface area contributed by atoms with Crippen LogP contribution >= 0.6 is 11.6 Å². The topological polar surface area (TPSA) is 129 Å². The number of anilines is 3. The van der Waals surface area contributed by atoms with Crippen molar-refractivity contribution in [1.82, 2.24) is 9.97 Å². The molecule has 4 rings (SSSR count). The zero-order chi connectivity index (χ0) is 26.4. The van der Waals surface area contributed by atoms with Gasteiger partial charge < -0.3 is 20.1 Å². The number of hydrogen-bond donors (Lipinski definition) is 2. The summed E-state index contributed by atoms with van der Waals surface area (Å²) in [5, 5.41) is 17.8. The SMILES string of the molecule is C#Cc1cccc(Nc2ncnc3cc(OCCOC)c(NC(=O)c4ccc(Cl)c([N+](=O)[O-])c4)cc23)c1. The Kier molecular flexibility index (Phi) is 7.78. The molecule has 0 atom stereocenters. The van der Waals surface area contributed by atoms with Crippen molar-refractivity contribution >= 4 is 51.3 Å². The predicted octanol–water partition coefficient (Wildman–Crippen LogP) is 5.19. The van der Waals surface area contributed by atoms with Crippen LogP contribution in [-0.2, 0) is 4.74 Å². The second-order valence-corrected chi connectivity index (χ2v) is 8.06. The zero-order valence-electron chi connectivity index (χ0n) is 19.5. The first-order valence-electron chi connectivity index (χ1n) is 10.9. The van der Waals surface area contributed by atoms with Crippen molar-refractivity contribution in [3.8, 4) is 18.1 Å². The minimum atomic E-state index is -0.654. The molecule has 4 aromatic rings. The van der Waals surface area contributed by atoms with Crippen LogP contribution in [0.25, 0.3) is 10.9 Å². The summed E-state index contributed by atoms with van der Waals surface area (Å²) in [7, 11) is 1.54. The molecule has 1 heterocycles. The normalized spacial score (nSPS) is 10.5. The highest BCUT2D eigenvalue weighted by Gasteiger charge is 2.19. The second kappa shape index (κ2) is 11.3. The highest BCUT2D eigenvalue weighted by molar-refractivity contribution is 6.32. The van der Waals surface area contributed by atoms with E-state index in [-0.39, 0.29) is 22.9 Å². The van der Waals surface area contributed by atoms with Crippen LogP contribution in [0.4, 0.5) is 22.9 Å². The number of aromatic nitrogens is 2. The van der Waals surface area contributed by atoms with E-state index in [1.165, 1.54) is 18.5 Å². The number of carbonyl (C=O) groups is 1. The minimum absolute atomic E-state index is 0.0489. The van der Waals surface area contributed by atoms with Crippen LogP contribution in [0, 0.1) is 22.5 Å². The lowest BCUT2D eigenvalue weighted by atomic mass is 10.1. The molecule has 0 aliphatic heterocycles. The summed E-state index contributed by atoms with van der Waals surface area (Å²) in [6.45, 7) is 0.531. The maximum absolute atomic E-state index is 13.0. The third-order valence-corrected chi connectivity index (χ3v) is 5.55. The lowest BCUT2D eigenvalue weighted by Crippen LogP contribution is -2.14. The number of terminal acetylenes is 1. The first kappa shape index (κ1) is 25.4. The van der Waals surface area contributed by atoms with Gasteiger partial charge in [-0.05, 0) is 36.4 Å². The fourth-order valence-corrected chi connectivity index (χ4v) is 3.63. The lowest BCUT2D eigenvalue weighted by molar-refractivity contribution is -0.384. The lowest BCUT2D eigenvalue weighted by Gasteiger charge is -2.15. The van der Waals surface area contributed by atoms with Crippen molar-refractivity contribution in [2.24, 2.45) is 0 Å². The molecule has 0 saturated carbocycles. The summed E-state index contributed by atoms with van der Waals surface area (Å²) in [4.78, 5) is 32.3. The quantitative estimate of drug-likeness (QED) is 0.134. The number of halogens is 1. The van der Waals surface area contributed by atoms with E-state index in [0.717, 1.165) is 11.8 Å². The zero-order valence-corrected chi connectivity index (χ0v) is 20.3. The maximum atomic E-state index is 13.0. The highest BCUT2D eigenvalue weighted by Crippen LogP contribution is 2.34. The van der Waals surface area contributed by atoms with Gasteiger partial charge in [0.25, 0.3) is 11.6 Å². The number of hydrogen-bond acceptors (Lipinski definition) is 8. The first-order valence-corrected chi connectivity index (χ1v) is 11.3. The maximum Gasteiger partial charge on any atom is 0.288 e. The van der Waals surface area contributed by atoms with Crippen molar-refractivity contribution in [2.75, 3.05) is 31.0 Å². The van der Waals surface area contributed by atoms with Gasteiger partial charge >= 0.3 is 0 Å². The van der Waals surface area contributed by atoms with Crippen LogP contribution in [0.2, 0.25) is 5.02 Å². The van der Waals surface area contributed by atoms with Gasteiger partial charge in [-0.1, -0.05) is 23.6 Å². The molecule has 1 aromatic heterocycles. The number of amides is 1. The van der Waals surface area contributed by atoms with Gasteiger partial charge in [-0.2, -0.15) is 0 Å². The largest absolute Gasteiger partial charge is 0.489 e. The Morgan fingerprint density at radius 1 is 1.16 bits per heavy atom. The number of nitrogens with zero attached hydrogens (tertiary/aromatic N) is 3. The third-order valence-electron chi connectivity index (χ3n) is 5.23. The average Bonchev–Trinajstić information content (AvgIpc) is 2.89. The molecule has 3 aromatic carbocycles. The van der Waals surface area contributed by atoms with E-state index in [0.29, 0.717) is 40.3 Å². The van der Waals surface area contributed by atoms with Crippen molar-refractivity contribution in [3.63, 3.8) is 0 Å². The van der Waals surface area contributed by atoms with E-state index >= 15 is 0 Å². The molecule has 0 radical (unpaired) electrons. The molecule has 0 spiro atoms. The molecule has 1 amide bonds. The summed E-state index contributed by atoms with van der Waals surface area (Å²) < 4.78 is 10.9. The Bertz CT molecular complexity index is 1540. The molecule has 0 aliphatic rings. The molecule has 0 fully saturated rings. The van der Waals surface area contributed by atoms with Gasteiger partial charge in [-0.25, -0.2) is 9.97 Å². The summed E-state index contributed by atoms with van der Waals surface area (Å²) in [6.07, 6.45) is 6.91. The highest BCUT2D eigenvalue weighted by atomic mass is 35.5. The van der Waals surface area contributed by atoms with Gasteiger partial charge in [0, 0.05) is 41.4 Å². The van der Waals surface area contributed by atoms with Gasteiger partial charge in [-0.3, -0.25) is 14.9 Å². The number of nitrogens with one attached hydrogen (secondary N) is 2. The van der Waals surface area contributed by atoms with E-state index in [4.69, 9.17) is 27.5 Å². The number of fused-ring (bicyclic) bond motifs is 1. The Morgan fingerprint density at radius 3 is 2.76 bits per heavy atom. The van der Waals surface area contributed by atoms with E-state index in [2.05, 4.69) is 26.5 Å². The van der Waals surface area contributed by atoms with E-state index in [1.807, 2.05) is 18.2 Å². The first-order chi connectivity index (χ1) is 17.9. The smallest absolute Gasteiger partial charge is 0.288 e. The Balaban J connectivity index is 1.73. The van der Waals surface area contributed by atoms with Crippen molar-refractivity contribution in [2.45, 2.75) is 0 Å². The standard InChI is InChI=1S/C26H20ClN5O5/c1-3-16-5-4-6-18(11-16)30-25-19-13-22(24(37-10-9-36-2)14-21(19)28-15-29-25)31-26(33)17-7-8-20(27)23(12-17)32(34)35/h1,4-8,11-15H,9-10H2,2H3,(H,31,33)(H,28,29,30). The van der Waals surface area contributed by atoms with Gasteiger partial charge in [0.05, 0.1) is 22.7 Å². The number of nitro groups is 1. The summed E-state index contributed by atoms with van der Waals surface area (Å²) in [5.74, 6) is 2.80. The van der Waals surface area contributed by atoms with Crippen LogP contribution < -0.4 is 15.4 Å². The molecule has 0 aliphatic carbocycles. The molecule has 0 saturated heterocycles. The Labute approximate surface area is 216 Å². The van der Waals surface area contributed by atoms with Gasteiger partial charge in [0.2, 0.25) is 0 Å². The summed E-state index contributed by atoms with van der Waals surface area (Å²) >= 11 is 5.88. The van der Waals surface area contributed by atoms with Crippen LogP contribution in [0.1, 0.15) is 15.9 Å². The van der Waals surface area contributed by atoms with E-state index < -0.39 is 10.8 Å². The average molecular weight is 518 g/mol. The summed E-state index contributed by atoms with van der Waals surface area (Å²) in [5.41, 5.74) is 1.95. The molecule has 2 N–H and O–H groups in total. The van der Waals surface area contributed by atoms with E-state index in [9.17, 15) is 14.9 Å². The molecular weight excluding hydrogens is 498 g/mol. The Morgan fingerprint density at radius 2 is 2.00 bits per heavy atom. The van der Waals surface area contributed by atoms with Crippen LogP contribution in [-0.4, -0.2) is 41.1 Å². The molecule has 10 nitrogen and oxygen atoms in total. The van der Waals surface area contributed by atoms with E-state index in [1.54, 1.807) is 25.3 Å². The van der Waals surface area contributed by atoms with Gasteiger partial charge in [0.1, 0.15) is 29.5 Å². The number of ether oxygens (including phenoxy) is 2.